The monoisotopic (exact) mass is 323 g/mol. The minimum absolute atomic E-state index is 0.116. The topological polar surface area (TPSA) is 53.6 Å². The van der Waals surface area contributed by atoms with Crippen LogP contribution in [0.2, 0.25) is 5.02 Å². The quantitative estimate of drug-likeness (QED) is 0.890. The van der Waals surface area contributed by atoms with E-state index in [1.807, 2.05) is 19.1 Å². The van der Waals surface area contributed by atoms with Gasteiger partial charge in [0.25, 0.3) is 0 Å². The zero-order chi connectivity index (χ0) is 15.5. The number of ether oxygens (including phenoxy) is 1. The van der Waals surface area contributed by atoms with Crippen LogP contribution >= 0.6 is 11.6 Å². The van der Waals surface area contributed by atoms with E-state index < -0.39 is 0 Å². The van der Waals surface area contributed by atoms with Gasteiger partial charge in [-0.15, -0.1) is 0 Å². The fraction of sp³-hybridized carbons (Fsp3) is 0.562. The SMILES string of the molecule is Cc1cc(Cl)cc(CN2NCCC2=O)c1OC1CCNCC1. The van der Waals surface area contributed by atoms with Gasteiger partial charge in [0, 0.05) is 23.6 Å². The molecule has 1 amide bonds. The van der Waals surface area contributed by atoms with Gasteiger partial charge >= 0.3 is 0 Å². The molecule has 2 aliphatic heterocycles. The van der Waals surface area contributed by atoms with E-state index >= 15 is 0 Å². The lowest BCUT2D eigenvalue weighted by molar-refractivity contribution is -0.130. The molecule has 2 aliphatic rings. The van der Waals surface area contributed by atoms with E-state index in [9.17, 15) is 4.79 Å². The van der Waals surface area contributed by atoms with Crippen molar-refractivity contribution in [3.8, 4) is 5.75 Å². The smallest absolute Gasteiger partial charge is 0.238 e. The number of piperidine rings is 1. The summed E-state index contributed by atoms with van der Waals surface area (Å²) in [6.07, 6.45) is 2.77. The molecule has 2 saturated heterocycles. The first-order chi connectivity index (χ1) is 10.6. The van der Waals surface area contributed by atoms with E-state index in [1.54, 1.807) is 5.01 Å². The number of rotatable bonds is 4. The molecule has 0 aliphatic carbocycles. The second-order valence-corrected chi connectivity index (χ2v) is 6.35. The number of hydrazine groups is 1. The maximum Gasteiger partial charge on any atom is 0.238 e. The van der Waals surface area contributed by atoms with Gasteiger partial charge in [-0.1, -0.05) is 11.6 Å². The number of nitrogens with one attached hydrogen (secondary N) is 2. The number of amides is 1. The highest BCUT2D eigenvalue weighted by Crippen LogP contribution is 2.31. The molecule has 0 atom stereocenters. The third-order valence-electron chi connectivity index (χ3n) is 4.16. The molecule has 6 heteroatoms. The molecule has 1 aromatic carbocycles. The van der Waals surface area contributed by atoms with Crippen LogP contribution < -0.4 is 15.5 Å². The van der Waals surface area contributed by atoms with Gasteiger partial charge in [0.15, 0.2) is 0 Å². The lowest BCUT2D eigenvalue weighted by Gasteiger charge is -2.27. The molecule has 0 saturated carbocycles. The van der Waals surface area contributed by atoms with Crippen LogP contribution in [0.3, 0.4) is 0 Å². The number of hydrogen-bond donors (Lipinski definition) is 2. The Hall–Kier alpha value is -1.30. The summed E-state index contributed by atoms with van der Waals surface area (Å²) in [5, 5.41) is 5.67. The summed E-state index contributed by atoms with van der Waals surface area (Å²) in [5.74, 6) is 0.989. The van der Waals surface area contributed by atoms with Crippen LogP contribution in [0.5, 0.6) is 5.75 Å². The summed E-state index contributed by atoms with van der Waals surface area (Å²) in [5.41, 5.74) is 5.08. The van der Waals surface area contributed by atoms with E-state index in [0.717, 1.165) is 42.8 Å². The van der Waals surface area contributed by atoms with Crippen molar-refractivity contribution in [1.82, 2.24) is 15.8 Å². The third kappa shape index (κ3) is 3.54. The molecule has 0 radical (unpaired) electrons. The standard InChI is InChI=1S/C16H22ClN3O2/c1-11-8-13(17)9-12(10-20-15(21)4-7-19-20)16(11)22-14-2-5-18-6-3-14/h8-9,14,18-19H,2-7,10H2,1H3. The number of aryl methyl sites for hydroxylation is 1. The molecule has 0 aromatic heterocycles. The van der Waals surface area contributed by atoms with E-state index in [2.05, 4.69) is 10.7 Å². The van der Waals surface area contributed by atoms with Crippen molar-refractivity contribution in [3.63, 3.8) is 0 Å². The number of benzene rings is 1. The fourth-order valence-electron chi connectivity index (χ4n) is 3.00. The van der Waals surface area contributed by atoms with Crippen molar-refractivity contribution in [3.05, 3.63) is 28.3 Å². The van der Waals surface area contributed by atoms with E-state index in [1.165, 1.54) is 0 Å². The molecule has 2 fully saturated rings. The lowest BCUT2D eigenvalue weighted by atomic mass is 10.1. The zero-order valence-electron chi connectivity index (χ0n) is 12.8. The van der Waals surface area contributed by atoms with Crippen molar-refractivity contribution in [2.75, 3.05) is 19.6 Å². The highest BCUT2D eigenvalue weighted by Gasteiger charge is 2.23. The van der Waals surface area contributed by atoms with E-state index in [-0.39, 0.29) is 12.0 Å². The predicted octanol–water partition coefficient (Wildman–Crippen LogP) is 2.02. The summed E-state index contributed by atoms with van der Waals surface area (Å²) in [6.45, 7) is 5.16. The van der Waals surface area contributed by atoms with Crippen molar-refractivity contribution in [2.45, 2.75) is 38.8 Å². The average molecular weight is 324 g/mol. The summed E-state index contributed by atoms with van der Waals surface area (Å²) < 4.78 is 6.25. The minimum atomic E-state index is 0.116. The Bertz CT molecular complexity index is 559. The van der Waals surface area contributed by atoms with Gasteiger partial charge in [-0.05, 0) is 50.6 Å². The highest BCUT2D eigenvalue weighted by molar-refractivity contribution is 6.30. The van der Waals surface area contributed by atoms with Crippen molar-refractivity contribution >= 4 is 17.5 Å². The largest absolute Gasteiger partial charge is 0.490 e. The predicted molar refractivity (Wildman–Crippen MR) is 85.9 cm³/mol. The first-order valence-corrected chi connectivity index (χ1v) is 8.21. The summed E-state index contributed by atoms with van der Waals surface area (Å²) in [4.78, 5) is 11.8. The summed E-state index contributed by atoms with van der Waals surface area (Å²) >= 11 is 6.20. The lowest BCUT2D eigenvalue weighted by Crippen LogP contribution is -2.35. The molecule has 1 aromatic rings. The van der Waals surface area contributed by atoms with Gasteiger partial charge in [-0.2, -0.15) is 0 Å². The Labute approximate surface area is 135 Å². The van der Waals surface area contributed by atoms with Gasteiger partial charge in [-0.25, -0.2) is 5.43 Å². The van der Waals surface area contributed by atoms with Crippen molar-refractivity contribution in [1.29, 1.82) is 0 Å². The normalized spacial score (nSPS) is 19.7. The molecule has 5 nitrogen and oxygen atoms in total. The molecular formula is C16H22ClN3O2. The molecule has 2 heterocycles. The molecule has 2 N–H and O–H groups in total. The maximum absolute atomic E-state index is 11.8. The number of halogens is 1. The van der Waals surface area contributed by atoms with Crippen LogP contribution in [0.15, 0.2) is 12.1 Å². The number of carbonyl (C=O) groups excluding carboxylic acids is 1. The number of hydrogen-bond acceptors (Lipinski definition) is 4. The van der Waals surface area contributed by atoms with Crippen molar-refractivity contribution in [2.24, 2.45) is 0 Å². The molecule has 120 valence electrons. The molecule has 22 heavy (non-hydrogen) atoms. The maximum atomic E-state index is 11.8. The number of nitrogens with zero attached hydrogens (tertiary/aromatic N) is 1. The molecule has 0 unspecified atom stereocenters. The van der Waals surface area contributed by atoms with Gasteiger partial charge in [0.2, 0.25) is 5.91 Å². The Morgan fingerprint density at radius 1 is 1.32 bits per heavy atom. The van der Waals surface area contributed by atoms with Crippen molar-refractivity contribution < 1.29 is 9.53 Å². The van der Waals surface area contributed by atoms with Crippen LogP contribution in [0.1, 0.15) is 30.4 Å². The van der Waals surface area contributed by atoms with Crippen LogP contribution in [-0.2, 0) is 11.3 Å². The van der Waals surface area contributed by atoms with Crippen LogP contribution in [0.4, 0.5) is 0 Å². The molecule has 0 bridgehead atoms. The fourth-order valence-corrected chi connectivity index (χ4v) is 3.30. The Morgan fingerprint density at radius 2 is 2.09 bits per heavy atom. The first kappa shape index (κ1) is 15.6. The second-order valence-electron chi connectivity index (χ2n) is 5.92. The highest BCUT2D eigenvalue weighted by atomic mass is 35.5. The minimum Gasteiger partial charge on any atom is -0.490 e. The number of carbonyl (C=O) groups is 1. The Balaban J connectivity index is 1.81. The van der Waals surface area contributed by atoms with Gasteiger partial charge < -0.3 is 10.1 Å². The van der Waals surface area contributed by atoms with Crippen LogP contribution in [0, 0.1) is 6.92 Å². The summed E-state index contributed by atoms with van der Waals surface area (Å²) in [7, 11) is 0. The van der Waals surface area contributed by atoms with E-state index in [4.69, 9.17) is 16.3 Å². The van der Waals surface area contributed by atoms with Crippen LogP contribution in [-0.4, -0.2) is 36.7 Å². The molecule has 3 rings (SSSR count). The average Bonchev–Trinajstić information content (AvgIpc) is 2.89. The van der Waals surface area contributed by atoms with E-state index in [0.29, 0.717) is 24.5 Å². The second kappa shape index (κ2) is 6.86. The Morgan fingerprint density at radius 3 is 2.77 bits per heavy atom. The zero-order valence-corrected chi connectivity index (χ0v) is 13.6. The van der Waals surface area contributed by atoms with Crippen LogP contribution in [0.25, 0.3) is 0 Å². The third-order valence-corrected chi connectivity index (χ3v) is 4.38. The first-order valence-electron chi connectivity index (χ1n) is 7.84. The van der Waals surface area contributed by atoms with Gasteiger partial charge in [0.1, 0.15) is 11.9 Å². The Kier molecular flexibility index (Phi) is 4.86. The van der Waals surface area contributed by atoms with Gasteiger partial charge in [0.05, 0.1) is 6.54 Å². The van der Waals surface area contributed by atoms with Gasteiger partial charge in [-0.3, -0.25) is 9.80 Å². The summed E-state index contributed by atoms with van der Waals surface area (Å²) in [6, 6.07) is 3.82. The molecule has 0 spiro atoms. The molecular weight excluding hydrogens is 302 g/mol.